The first-order chi connectivity index (χ1) is 11.6. The molecular formula is C16H27F3O4S2. The quantitative estimate of drug-likeness (QED) is 0.603. The molecule has 0 heterocycles. The average Bonchev–Trinajstić information content (AvgIpc) is 2.55. The first kappa shape index (κ1) is 21.0. The lowest BCUT2D eigenvalue weighted by molar-refractivity contribution is -0.121. The van der Waals surface area contributed by atoms with Crippen LogP contribution in [0.5, 0.6) is 0 Å². The van der Waals surface area contributed by atoms with E-state index in [1.54, 1.807) is 0 Å². The number of alkyl halides is 3. The smallest absolute Gasteiger partial charge is 0.298 e. The molecule has 1 unspecified atom stereocenters. The molecule has 0 saturated heterocycles. The lowest BCUT2D eigenvalue weighted by Crippen LogP contribution is -2.36. The van der Waals surface area contributed by atoms with Crippen molar-refractivity contribution in [2.24, 2.45) is 5.92 Å². The van der Waals surface area contributed by atoms with Gasteiger partial charge in [0.25, 0.3) is 0 Å². The molecule has 0 radical (unpaired) electrons. The van der Waals surface area contributed by atoms with Crippen molar-refractivity contribution >= 4 is 26.2 Å². The van der Waals surface area contributed by atoms with Crippen LogP contribution in [-0.4, -0.2) is 37.0 Å². The van der Waals surface area contributed by atoms with Crippen molar-refractivity contribution in [3.63, 3.8) is 0 Å². The second kappa shape index (κ2) is 8.17. The van der Waals surface area contributed by atoms with Gasteiger partial charge in [-0.25, -0.2) is 3.63 Å². The number of ketones is 1. The molecule has 0 aliphatic heterocycles. The van der Waals surface area contributed by atoms with Gasteiger partial charge >= 0.3 is 15.6 Å². The summed E-state index contributed by atoms with van der Waals surface area (Å²) in [4.78, 5) is 12.7. The summed E-state index contributed by atoms with van der Waals surface area (Å²) in [5.74, 6) is -0.473. The average molecular weight is 405 g/mol. The topological polar surface area (TPSA) is 60.4 Å². The molecule has 0 N–H and O–H groups in total. The van der Waals surface area contributed by atoms with E-state index in [1.165, 1.54) is 6.26 Å². The normalized spacial score (nSPS) is 25.3. The van der Waals surface area contributed by atoms with Crippen molar-refractivity contribution in [1.82, 2.24) is 0 Å². The highest BCUT2D eigenvalue weighted by molar-refractivity contribution is 8.33. The molecule has 148 valence electrons. The molecule has 2 aliphatic carbocycles. The van der Waals surface area contributed by atoms with Crippen LogP contribution in [0.25, 0.3) is 0 Å². The molecular weight excluding hydrogens is 377 g/mol. The number of carbonyl (C=O) groups excluding carboxylic acids is 1. The monoisotopic (exact) mass is 404 g/mol. The first-order valence-electron chi connectivity index (χ1n) is 8.85. The van der Waals surface area contributed by atoms with Crippen molar-refractivity contribution in [3.05, 3.63) is 0 Å². The zero-order valence-electron chi connectivity index (χ0n) is 14.5. The molecule has 25 heavy (non-hydrogen) atoms. The summed E-state index contributed by atoms with van der Waals surface area (Å²) in [5.41, 5.74) is -5.45. The van der Waals surface area contributed by atoms with Crippen molar-refractivity contribution in [3.8, 4) is 0 Å². The van der Waals surface area contributed by atoms with Gasteiger partial charge in [-0.15, -0.1) is 10.3 Å². The molecule has 0 spiro atoms. The van der Waals surface area contributed by atoms with Crippen molar-refractivity contribution in [2.75, 3.05) is 12.0 Å². The first-order valence-corrected chi connectivity index (χ1v) is 12.5. The zero-order chi connectivity index (χ0) is 18.7. The molecule has 0 aromatic heterocycles. The molecule has 9 heteroatoms. The van der Waals surface area contributed by atoms with E-state index in [4.69, 9.17) is 3.63 Å². The molecule has 2 rings (SSSR count). The van der Waals surface area contributed by atoms with Crippen molar-refractivity contribution in [1.29, 1.82) is 0 Å². The van der Waals surface area contributed by atoms with Crippen LogP contribution in [0.1, 0.15) is 64.2 Å². The van der Waals surface area contributed by atoms with Crippen LogP contribution in [0.3, 0.4) is 0 Å². The summed E-state index contributed by atoms with van der Waals surface area (Å²) in [6.07, 6.45) is 9.77. The van der Waals surface area contributed by atoms with E-state index in [0.29, 0.717) is 12.8 Å². The van der Waals surface area contributed by atoms with E-state index in [-0.39, 0.29) is 22.7 Å². The van der Waals surface area contributed by atoms with Crippen LogP contribution in [-0.2, 0) is 18.5 Å². The standard InChI is InChI=1S/C16H27F3O4S2/c1-24(14-10-6-3-7-11-14,23-25(21,22)16(17,18)19)12-15(20)13-8-4-2-5-9-13/h13-14H,2-12H2,1H3. The molecule has 0 amide bonds. The highest BCUT2D eigenvalue weighted by Gasteiger charge is 2.52. The van der Waals surface area contributed by atoms with Crippen molar-refractivity contribution < 1.29 is 30.0 Å². The third-order valence-electron chi connectivity index (χ3n) is 5.28. The van der Waals surface area contributed by atoms with Crippen LogP contribution >= 0.6 is 10.3 Å². The Morgan fingerprint density at radius 2 is 1.44 bits per heavy atom. The van der Waals surface area contributed by atoms with E-state index in [2.05, 4.69) is 0 Å². The van der Waals surface area contributed by atoms with Gasteiger partial charge in [0.2, 0.25) is 0 Å². The Morgan fingerprint density at radius 3 is 1.92 bits per heavy atom. The van der Waals surface area contributed by atoms with Crippen LogP contribution in [0.15, 0.2) is 0 Å². The fraction of sp³-hybridized carbons (Fsp3) is 0.938. The maximum Gasteiger partial charge on any atom is 0.523 e. The number of Topliss-reactive ketones (excluding diaryl/α,β-unsaturated/α-hetero) is 1. The Kier molecular flexibility index (Phi) is 6.87. The number of hydrogen-bond donors (Lipinski definition) is 0. The maximum absolute atomic E-state index is 12.8. The minimum atomic E-state index is -5.70. The summed E-state index contributed by atoms with van der Waals surface area (Å²) in [7, 11) is -8.38. The van der Waals surface area contributed by atoms with Gasteiger partial charge in [0.05, 0.1) is 5.75 Å². The summed E-state index contributed by atoms with van der Waals surface area (Å²) < 4.78 is 66.6. The van der Waals surface area contributed by atoms with Crippen LogP contribution in [0.2, 0.25) is 0 Å². The van der Waals surface area contributed by atoms with Crippen LogP contribution < -0.4 is 0 Å². The second-order valence-electron chi connectivity index (χ2n) is 7.25. The summed E-state index contributed by atoms with van der Waals surface area (Å²) >= 11 is 0. The van der Waals surface area contributed by atoms with Gasteiger partial charge in [-0.2, -0.15) is 21.6 Å². The predicted octanol–water partition coefficient (Wildman–Crippen LogP) is 4.68. The van der Waals surface area contributed by atoms with Gasteiger partial charge in [-0.05, 0) is 31.9 Å². The zero-order valence-corrected chi connectivity index (χ0v) is 16.1. The van der Waals surface area contributed by atoms with Gasteiger partial charge in [0.1, 0.15) is 5.78 Å². The molecule has 0 bridgehead atoms. The van der Waals surface area contributed by atoms with Gasteiger partial charge in [-0.1, -0.05) is 38.5 Å². The fourth-order valence-corrected chi connectivity index (χ4v) is 8.78. The summed E-state index contributed by atoms with van der Waals surface area (Å²) in [6.45, 7) is 0. The predicted molar refractivity (Wildman–Crippen MR) is 92.9 cm³/mol. The van der Waals surface area contributed by atoms with E-state index in [9.17, 15) is 26.4 Å². The molecule has 1 atom stereocenters. The molecule has 0 aromatic rings. The highest BCUT2D eigenvalue weighted by atomic mass is 32.3. The SMILES string of the molecule is CS(CC(=O)C1CCCCC1)(OS(=O)(=O)C(F)(F)F)C1CCCCC1. The Bertz CT molecular complexity index is 564. The fourth-order valence-electron chi connectivity index (χ4n) is 3.83. The van der Waals surface area contributed by atoms with Gasteiger partial charge in [0.15, 0.2) is 0 Å². The van der Waals surface area contributed by atoms with Gasteiger partial charge in [-0.3, -0.25) is 4.79 Å². The van der Waals surface area contributed by atoms with Gasteiger partial charge < -0.3 is 0 Å². The maximum atomic E-state index is 12.8. The van der Waals surface area contributed by atoms with E-state index >= 15 is 0 Å². The lowest BCUT2D eigenvalue weighted by atomic mass is 9.87. The largest absolute Gasteiger partial charge is 0.523 e. The molecule has 2 fully saturated rings. The van der Waals surface area contributed by atoms with Crippen molar-refractivity contribution in [2.45, 2.75) is 75.0 Å². The lowest BCUT2D eigenvalue weighted by Gasteiger charge is -2.43. The number of hydrogen-bond acceptors (Lipinski definition) is 4. The molecule has 2 saturated carbocycles. The Hall–Kier alpha value is -0.280. The number of halogens is 3. The Balaban J connectivity index is 2.20. The Labute approximate surface area is 149 Å². The van der Waals surface area contributed by atoms with E-state index in [1.807, 2.05) is 0 Å². The number of carbonyl (C=O) groups is 1. The third-order valence-corrected chi connectivity index (χ3v) is 10.5. The highest BCUT2D eigenvalue weighted by Crippen LogP contribution is 2.58. The minimum Gasteiger partial charge on any atom is -0.298 e. The molecule has 0 aromatic carbocycles. The molecule has 4 nitrogen and oxygen atoms in total. The Morgan fingerprint density at radius 1 is 0.960 bits per heavy atom. The number of rotatable bonds is 6. The van der Waals surface area contributed by atoms with Crippen LogP contribution in [0.4, 0.5) is 13.2 Å². The summed E-state index contributed by atoms with van der Waals surface area (Å²) in [6, 6.07) is 0. The third kappa shape index (κ3) is 5.35. The van der Waals surface area contributed by atoms with Crippen LogP contribution in [0, 0.1) is 5.92 Å². The molecule has 2 aliphatic rings. The van der Waals surface area contributed by atoms with Gasteiger partial charge in [0, 0.05) is 11.2 Å². The summed E-state index contributed by atoms with van der Waals surface area (Å²) in [5, 5.41) is -0.272. The minimum absolute atomic E-state index is 0.125. The van der Waals surface area contributed by atoms with E-state index < -0.39 is 25.9 Å². The van der Waals surface area contributed by atoms with E-state index in [0.717, 1.165) is 51.4 Å². The second-order valence-corrected chi connectivity index (χ2v) is 12.3.